The van der Waals surface area contributed by atoms with Gasteiger partial charge in [0.25, 0.3) is 0 Å². The molecule has 2 rings (SSSR count). The van der Waals surface area contributed by atoms with E-state index in [-0.39, 0.29) is 18.2 Å². The van der Waals surface area contributed by atoms with Crippen LogP contribution in [0.3, 0.4) is 0 Å². The Balaban J connectivity index is 2.36. The van der Waals surface area contributed by atoms with E-state index in [2.05, 4.69) is 24.6 Å². The van der Waals surface area contributed by atoms with Crippen LogP contribution in [0.1, 0.15) is 45.7 Å². The third-order valence-corrected chi connectivity index (χ3v) is 5.43. The third-order valence-electron chi connectivity index (χ3n) is 3.63. The zero-order valence-electron chi connectivity index (χ0n) is 16.5. The number of amides is 1. The summed E-state index contributed by atoms with van der Waals surface area (Å²) in [5.41, 5.74) is -1.33. The first-order chi connectivity index (χ1) is 11.3. The van der Waals surface area contributed by atoms with E-state index in [1.165, 1.54) is 11.3 Å². The van der Waals surface area contributed by atoms with Gasteiger partial charge in [0.1, 0.15) is 22.4 Å². The zero-order valence-corrected chi connectivity index (χ0v) is 18.3. The molecule has 2 atom stereocenters. The lowest BCUT2D eigenvalue weighted by molar-refractivity contribution is -0.0672. The molecule has 8 heteroatoms. The summed E-state index contributed by atoms with van der Waals surface area (Å²) in [4.78, 5) is 19.0. The molecule has 6 nitrogen and oxygen atoms in total. The van der Waals surface area contributed by atoms with E-state index in [4.69, 9.17) is 13.9 Å². The molecule has 1 fully saturated rings. The molecule has 0 bridgehead atoms. The van der Waals surface area contributed by atoms with Gasteiger partial charge < -0.3 is 13.9 Å². The molecule has 1 amide bonds. The van der Waals surface area contributed by atoms with Crippen molar-refractivity contribution in [2.45, 2.75) is 77.7 Å². The Hall–Kier alpha value is -0.963. The van der Waals surface area contributed by atoms with Crippen molar-refractivity contribution in [1.82, 2.24) is 9.88 Å². The molecule has 0 radical (unpaired) electrons. The largest absolute Gasteiger partial charge is 0.444 e. The van der Waals surface area contributed by atoms with Gasteiger partial charge in [-0.15, -0.1) is 11.3 Å². The topological polar surface area (TPSA) is 60.9 Å². The highest BCUT2D eigenvalue weighted by molar-refractivity contribution is 7.09. The van der Waals surface area contributed by atoms with Gasteiger partial charge >= 0.3 is 6.09 Å². The molecular weight excluding hydrogens is 356 g/mol. The van der Waals surface area contributed by atoms with Crippen LogP contribution in [0.2, 0.25) is 19.6 Å². The zero-order chi connectivity index (χ0) is 19.0. The third kappa shape index (κ3) is 5.26. The van der Waals surface area contributed by atoms with Gasteiger partial charge in [0.2, 0.25) is 0 Å². The fourth-order valence-electron chi connectivity index (χ4n) is 2.77. The van der Waals surface area contributed by atoms with Crippen molar-refractivity contribution in [3.8, 4) is 0 Å². The van der Waals surface area contributed by atoms with Gasteiger partial charge in [0, 0.05) is 11.6 Å². The molecule has 0 N–H and O–H groups in total. The first-order valence-corrected chi connectivity index (χ1v) is 12.8. The minimum atomic E-state index is -1.87. The van der Waals surface area contributed by atoms with E-state index in [9.17, 15) is 4.79 Å². The van der Waals surface area contributed by atoms with Crippen molar-refractivity contribution in [3.63, 3.8) is 0 Å². The smallest absolute Gasteiger partial charge is 0.413 e. The van der Waals surface area contributed by atoms with Gasteiger partial charge in [-0.25, -0.2) is 9.78 Å². The molecular formula is C17H30N2O4SSi. The fourth-order valence-corrected chi connectivity index (χ4v) is 4.61. The van der Waals surface area contributed by atoms with Crippen molar-refractivity contribution in [2.75, 3.05) is 6.61 Å². The number of nitrogens with zero attached hydrogens (tertiary/aromatic N) is 2. The van der Waals surface area contributed by atoms with E-state index >= 15 is 0 Å². The Kier molecular flexibility index (Phi) is 5.68. The molecule has 1 aromatic rings. The van der Waals surface area contributed by atoms with Crippen LogP contribution in [0.4, 0.5) is 4.79 Å². The van der Waals surface area contributed by atoms with Gasteiger partial charge in [-0.2, -0.15) is 0 Å². The number of carbonyl (C=O) groups excluding carboxylic acids is 1. The van der Waals surface area contributed by atoms with Crippen molar-refractivity contribution in [1.29, 1.82) is 0 Å². The minimum absolute atomic E-state index is 0.275. The van der Waals surface area contributed by atoms with Crippen LogP contribution in [0.25, 0.3) is 0 Å². The second-order valence-electron chi connectivity index (χ2n) is 8.70. The molecule has 1 saturated heterocycles. The molecule has 0 aromatic carbocycles. The first-order valence-electron chi connectivity index (χ1n) is 8.54. The Morgan fingerprint density at radius 3 is 2.56 bits per heavy atom. The Morgan fingerprint density at radius 1 is 1.44 bits per heavy atom. The second-order valence-corrected chi connectivity index (χ2v) is 14.1. The number of hydrogen-bond donors (Lipinski definition) is 0. The SMILES string of the molecule is CC(C)(C)OC(=O)N1[C@H]([C@@H](O[Si](C)(C)C)c2nccs2)COC1(C)C. The summed E-state index contributed by atoms with van der Waals surface area (Å²) in [6.45, 7) is 16.1. The first kappa shape index (κ1) is 20.4. The van der Waals surface area contributed by atoms with E-state index in [1.54, 1.807) is 11.1 Å². The van der Waals surface area contributed by atoms with Gasteiger partial charge in [-0.05, 0) is 54.3 Å². The lowest BCUT2D eigenvalue weighted by Gasteiger charge is -2.38. The van der Waals surface area contributed by atoms with Crippen LogP contribution in [-0.4, -0.2) is 48.3 Å². The summed E-state index contributed by atoms with van der Waals surface area (Å²) in [6.07, 6.45) is 1.06. The Labute approximate surface area is 155 Å². The Morgan fingerprint density at radius 2 is 2.08 bits per heavy atom. The number of ether oxygens (including phenoxy) is 2. The summed E-state index contributed by atoms with van der Waals surface area (Å²) in [7, 11) is -1.87. The predicted molar refractivity (Wildman–Crippen MR) is 101 cm³/mol. The number of hydrogen-bond acceptors (Lipinski definition) is 6. The van der Waals surface area contributed by atoms with Crippen molar-refractivity contribution < 1.29 is 18.7 Å². The maximum Gasteiger partial charge on any atom is 0.413 e. The lowest BCUT2D eigenvalue weighted by atomic mass is 10.1. The van der Waals surface area contributed by atoms with E-state index in [1.807, 2.05) is 40.0 Å². The summed E-state index contributed by atoms with van der Waals surface area (Å²) < 4.78 is 18.0. The summed E-state index contributed by atoms with van der Waals surface area (Å²) in [5, 5.41) is 2.79. The van der Waals surface area contributed by atoms with Gasteiger partial charge in [-0.3, -0.25) is 4.90 Å². The highest BCUT2D eigenvalue weighted by Gasteiger charge is 2.50. The van der Waals surface area contributed by atoms with Crippen LogP contribution in [0, 0.1) is 0 Å². The van der Waals surface area contributed by atoms with Crippen LogP contribution in [0.15, 0.2) is 11.6 Å². The highest BCUT2D eigenvalue weighted by atomic mass is 32.1. The summed E-state index contributed by atoms with van der Waals surface area (Å²) in [6, 6.07) is -0.275. The van der Waals surface area contributed by atoms with E-state index in [0.717, 1.165) is 5.01 Å². The molecule has 2 heterocycles. The number of rotatable bonds is 4. The summed E-state index contributed by atoms with van der Waals surface area (Å²) >= 11 is 1.54. The monoisotopic (exact) mass is 386 g/mol. The standard InChI is InChI=1S/C17H30N2O4SSi/c1-16(2,3)22-15(20)19-12(11-21-17(19,4)5)13(23-25(6,7)8)14-18-9-10-24-14/h9-10,12-13H,11H2,1-8H3/t12-,13+/m0/s1. The van der Waals surface area contributed by atoms with Crippen molar-refractivity contribution >= 4 is 25.7 Å². The fraction of sp³-hybridized carbons (Fsp3) is 0.765. The van der Waals surface area contributed by atoms with Crippen LogP contribution in [-0.2, 0) is 13.9 Å². The van der Waals surface area contributed by atoms with Crippen molar-refractivity contribution in [3.05, 3.63) is 16.6 Å². The molecule has 0 aliphatic carbocycles. The number of aromatic nitrogens is 1. The van der Waals surface area contributed by atoms with Gasteiger partial charge in [0.05, 0.1) is 12.6 Å². The molecule has 1 aliphatic heterocycles. The van der Waals surface area contributed by atoms with Gasteiger partial charge in [-0.1, -0.05) is 0 Å². The average molecular weight is 387 g/mol. The molecule has 0 saturated carbocycles. The Bertz CT molecular complexity index is 593. The van der Waals surface area contributed by atoms with Crippen LogP contribution >= 0.6 is 11.3 Å². The molecule has 142 valence electrons. The lowest BCUT2D eigenvalue weighted by Crippen LogP contribution is -2.52. The predicted octanol–water partition coefficient (Wildman–Crippen LogP) is 4.41. The molecule has 25 heavy (non-hydrogen) atoms. The second kappa shape index (κ2) is 6.98. The minimum Gasteiger partial charge on any atom is -0.444 e. The van der Waals surface area contributed by atoms with Gasteiger partial charge in [0.15, 0.2) is 8.32 Å². The number of thiazole rings is 1. The summed E-state index contributed by atoms with van der Waals surface area (Å²) in [5.74, 6) is 0. The highest BCUT2D eigenvalue weighted by Crippen LogP contribution is 2.39. The average Bonchev–Trinajstić information content (AvgIpc) is 3.00. The maximum atomic E-state index is 12.9. The molecule has 0 unspecified atom stereocenters. The molecule has 0 spiro atoms. The maximum absolute atomic E-state index is 12.9. The molecule has 1 aromatic heterocycles. The van der Waals surface area contributed by atoms with Crippen LogP contribution < -0.4 is 0 Å². The number of carbonyl (C=O) groups is 1. The van der Waals surface area contributed by atoms with E-state index < -0.39 is 19.6 Å². The normalized spacial score (nSPS) is 22.1. The quantitative estimate of drug-likeness (QED) is 0.717. The van der Waals surface area contributed by atoms with E-state index in [0.29, 0.717) is 6.61 Å². The van der Waals surface area contributed by atoms with Crippen molar-refractivity contribution in [2.24, 2.45) is 0 Å². The van der Waals surface area contributed by atoms with Crippen LogP contribution in [0.5, 0.6) is 0 Å². The molecule has 1 aliphatic rings.